The number of ether oxygens (including phenoxy) is 2. The monoisotopic (exact) mass is 407 g/mol. The quantitative estimate of drug-likeness (QED) is 0.489. The highest BCUT2D eigenvalue weighted by atomic mass is 19.4. The second-order valence-electron chi connectivity index (χ2n) is 5.81. The van der Waals surface area contributed by atoms with Crippen LogP contribution in [0.4, 0.5) is 22.0 Å². The fraction of sp³-hybridized carbons (Fsp3) is 0.412. The number of esters is 1. The minimum atomic E-state index is -4.78. The standard InChI is InChI=1S/C17H18F5N3O3/c1-3-27-16(26)13-8-23-25(14(13)15(18)19)10-24(2)9-11-4-6-12(7-5-11)28-17(20,21)22/h4-8,15H,3,9-10H2,1-2H3. The van der Waals surface area contributed by atoms with Gasteiger partial charge in [-0.15, -0.1) is 13.2 Å². The summed E-state index contributed by atoms with van der Waals surface area (Å²) in [5.74, 6) is -1.24. The lowest BCUT2D eigenvalue weighted by molar-refractivity contribution is -0.274. The number of carbonyl (C=O) groups excluding carboxylic acids is 1. The molecule has 0 unspecified atom stereocenters. The Balaban J connectivity index is 2.06. The highest BCUT2D eigenvalue weighted by molar-refractivity contribution is 5.90. The molecule has 0 atom stereocenters. The number of nitrogens with zero attached hydrogens (tertiary/aromatic N) is 3. The van der Waals surface area contributed by atoms with E-state index in [1.807, 2.05) is 0 Å². The topological polar surface area (TPSA) is 56.6 Å². The van der Waals surface area contributed by atoms with Gasteiger partial charge < -0.3 is 9.47 Å². The normalized spacial score (nSPS) is 11.9. The van der Waals surface area contributed by atoms with Crippen molar-refractivity contribution in [2.75, 3.05) is 13.7 Å². The molecule has 1 aromatic heterocycles. The van der Waals surface area contributed by atoms with Crippen molar-refractivity contribution in [2.24, 2.45) is 0 Å². The van der Waals surface area contributed by atoms with E-state index in [-0.39, 0.29) is 31.1 Å². The van der Waals surface area contributed by atoms with E-state index in [0.29, 0.717) is 5.56 Å². The Morgan fingerprint density at radius 3 is 2.43 bits per heavy atom. The van der Waals surface area contributed by atoms with E-state index in [1.165, 1.54) is 12.1 Å². The molecule has 0 aliphatic carbocycles. The smallest absolute Gasteiger partial charge is 0.462 e. The first kappa shape index (κ1) is 21.6. The summed E-state index contributed by atoms with van der Waals surface area (Å²) in [5.41, 5.74) is -0.230. The van der Waals surface area contributed by atoms with Crippen LogP contribution in [0.5, 0.6) is 5.75 Å². The first-order valence-electron chi connectivity index (χ1n) is 8.15. The first-order chi connectivity index (χ1) is 13.1. The number of hydrogen-bond donors (Lipinski definition) is 0. The molecule has 28 heavy (non-hydrogen) atoms. The van der Waals surface area contributed by atoms with Crippen molar-refractivity contribution in [3.05, 3.63) is 47.3 Å². The molecule has 1 heterocycles. The number of benzene rings is 1. The highest BCUT2D eigenvalue weighted by Crippen LogP contribution is 2.25. The lowest BCUT2D eigenvalue weighted by Gasteiger charge is -2.19. The molecule has 2 rings (SSSR count). The summed E-state index contributed by atoms with van der Waals surface area (Å²) in [6.45, 7) is 1.77. The van der Waals surface area contributed by atoms with Crippen LogP contribution in [0.1, 0.15) is 35.0 Å². The first-order valence-corrected chi connectivity index (χ1v) is 8.15. The lowest BCUT2D eigenvalue weighted by atomic mass is 10.2. The van der Waals surface area contributed by atoms with Gasteiger partial charge in [0.15, 0.2) is 0 Å². The Kier molecular flexibility index (Phi) is 6.95. The Labute approximate surface area is 157 Å². The maximum Gasteiger partial charge on any atom is 0.573 e. The van der Waals surface area contributed by atoms with E-state index in [2.05, 4.69) is 9.84 Å². The van der Waals surface area contributed by atoms with Gasteiger partial charge in [-0.05, 0) is 31.7 Å². The largest absolute Gasteiger partial charge is 0.573 e. The predicted molar refractivity (Wildman–Crippen MR) is 87.7 cm³/mol. The molecular formula is C17H18F5N3O3. The maximum atomic E-state index is 13.4. The van der Waals surface area contributed by atoms with Gasteiger partial charge in [0, 0.05) is 6.54 Å². The molecule has 1 aromatic carbocycles. The van der Waals surface area contributed by atoms with Gasteiger partial charge in [0.05, 0.1) is 19.5 Å². The third kappa shape index (κ3) is 5.91. The van der Waals surface area contributed by atoms with Gasteiger partial charge in [0.1, 0.15) is 17.0 Å². The third-order valence-corrected chi connectivity index (χ3v) is 3.57. The van der Waals surface area contributed by atoms with Crippen molar-refractivity contribution in [1.82, 2.24) is 14.7 Å². The summed E-state index contributed by atoms with van der Waals surface area (Å²) in [7, 11) is 1.61. The van der Waals surface area contributed by atoms with Crippen LogP contribution >= 0.6 is 0 Å². The van der Waals surface area contributed by atoms with Crippen LogP contribution in [-0.2, 0) is 18.0 Å². The van der Waals surface area contributed by atoms with Gasteiger partial charge in [-0.25, -0.2) is 18.3 Å². The Morgan fingerprint density at radius 2 is 1.89 bits per heavy atom. The molecule has 0 saturated carbocycles. The molecule has 0 radical (unpaired) electrons. The second kappa shape index (κ2) is 9.00. The molecule has 0 spiro atoms. The van der Waals surface area contributed by atoms with Gasteiger partial charge in [0.25, 0.3) is 6.43 Å². The minimum absolute atomic E-state index is 0.0423. The average molecular weight is 407 g/mol. The van der Waals surface area contributed by atoms with Crippen molar-refractivity contribution >= 4 is 5.97 Å². The zero-order valence-electron chi connectivity index (χ0n) is 15.0. The van der Waals surface area contributed by atoms with Crippen LogP contribution in [-0.4, -0.2) is 40.7 Å². The van der Waals surface area contributed by atoms with E-state index >= 15 is 0 Å². The van der Waals surface area contributed by atoms with Crippen LogP contribution in [0, 0.1) is 0 Å². The zero-order valence-corrected chi connectivity index (χ0v) is 15.0. The van der Waals surface area contributed by atoms with Crippen molar-refractivity contribution in [1.29, 1.82) is 0 Å². The van der Waals surface area contributed by atoms with Crippen molar-refractivity contribution in [3.63, 3.8) is 0 Å². The fourth-order valence-electron chi connectivity index (χ4n) is 2.49. The third-order valence-electron chi connectivity index (χ3n) is 3.57. The van der Waals surface area contributed by atoms with Gasteiger partial charge >= 0.3 is 12.3 Å². The average Bonchev–Trinajstić information content (AvgIpc) is 2.99. The number of hydrogen-bond acceptors (Lipinski definition) is 5. The van der Waals surface area contributed by atoms with Crippen molar-refractivity contribution < 1.29 is 36.2 Å². The summed E-state index contributed by atoms with van der Waals surface area (Å²) < 4.78 is 72.8. The number of alkyl halides is 5. The summed E-state index contributed by atoms with van der Waals surface area (Å²) >= 11 is 0. The molecule has 0 amide bonds. The van der Waals surface area contributed by atoms with Gasteiger partial charge in [-0.2, -0.15) is 5.10 Å². The molecule has 11 heteroatoms. The molecule has 0 N–H and O–H groups in total. The summed E-state index contributed by atoms with van der Waals surface area (Å²) in [6, 6.07) is 5.18. The molecule has 0 fully saturated rings. The van der Waals surface area contributed by atoms with E-state index in [4.69, 9.17) is 4.74 Å². The Morgan fingerprint density at radius 1 is 1.25 bits per heavy atom. The number of halogens is 5. The summed E-state index contributed by atoms with van der Waals surface area (Å²) in [4.78, 5) is 13.4. The van der Waals surface area contributed by atoms with Gasteiger partial charge in [-0.1, -0.05) is 12.1 Å². The Bertz CT molecular complexity index is 790. The number of aromatic nitrogens is 2. The van der Waals surface area contributed by atoms with Crippen molar-refractivity contribution in [3.8, 4) is 5.75 Å². The molecule has 0 saturated heterocycles. The minimum Gasteiger partial charge on any atom is -0.462 e. The molecule has 0 aliphatic rings. The van der Waals surface area contributed by atoms with E-state index in [1.54, 1.807) is 18.9 Å². The maximum absolute atomic E-state index is 13.4. The highest BCUT2D eigenvalue weighted by Gasteiger charge is 2.31. The molecule has 0 bridgehead atoms. The Hall–Kier alpha value is -2.69. The van der Waals surface area contributed by atoms with Gasteiger partial charge in [0.2, 0.25) is 0 Å². The predicted octanol–water partition coefficient (Wildman–Crippen LogP) is 3.99. The molecular weight excluding hydrogens is 389 g/mol. The van der Waals surface area contributed by atoms with Crippen molar-refractivity contribution in [2.45, 2.75) is 32.9 Å². The van der Waals surface area contributed by atoms with Crippen LogP contribution in [0.25, 0.3) is 0 Å². The summed E-state index contributed by atoms with van der Waals surface area (Å²) in [5, 5.41) is 3.83. The fourth-order valence-corrected chi connectivity index (χ4v) is 2.49. The van der Waals surface area contributed by atoms with Crippen LogP contribution in [0.2, 0.25) is 0 Å². The second-order valence-corrected chi connectivity index (χ2v) is 5.81. The SMILES string of the molecule is CCOC(=O)c1cnn(CN(C)Cc2ccc(OC(F)(F)F)cc2)c1C(F)F. The molecule has 2 aromatic rings. The lowest BCUT2D eigenvalue weighted by Crippen LogP contribution is -2.24. The van der Waals surface area contributed by atoms with E-state index in [0.717, 1.165) is 23.0 Å². The van der Waals surface area contributed by atoms with E-state index < -0.39 is 24.5 Å². The van der Waals surface area contributed by atoms with Crippen LogP contribution < -0.4 is 4.74 Å². The van der Waals surface area contributed by atoms with Gasteiger partial charge in [-0.3, -0.25) is 4.90 Å². The van der Waals surface area contributed by atoms with Crippen LogP contribution in [0.15, 0.2) is 30.5 Å². The zero-order chi connectivity index (χ0) is 20.9. The van der Waals surface area contributed by atoms with E-state index in [9.17, 15) is 26.7 Å². The summed E-state index contributed by atoms with van der Waals surface area (Å²) in [6.07, 6.45) is -6.69. The molecule has 154 valence electrons. The number of rotatable bonds is 8. The number of carbonyl (C=O) groups is 1. The molecule has 6 nitrogen and oxygen atoms in total. The van der Waals surface area contributed by atoms with Crippen LogP contribution in [0.3, 0.4) is 0 Å². The molecule has 0 aliphatic heterocycles.